The standard InChI is InChI=1S/C10H9F5O/c1-6(16)9(11,12)7-2-4-8(5-3-7)10(13,14)15/h2-6,16H,1H3. The SMILES string of the molecule is CC(O)C(F)(F)c1ccc(C(F)(F)F)cc1. The monoisotopic (exact) mass is 240 g/mol. The Bertz CT molecular complexity index is 352. The Labute approximate surface area is 88.5 Å². The zero-order chi connectivity index (χ0) is 12.6. The molecule has 0 aromatic heterocycles. The second-order valence-electron chi connectivity index (χ2n) is 3.37. The Morgan fingerprint density at radius 2 is 1.31 bits per heavy atom. The largest absolute Gasteiger partial charge is 0.416 e. The molecule has 0 spiro atoms. The quantitative estimate of drug-likeness (QED) is 0.787. The minimum absolute atomic E-state index is 0.561. The highest BCUT2D eigenvalue weighted by Crippen LogP contribution is 2.34. The van der Waals surface area contributed by atoms with Crippen LogP contribution in [0.4, 0.5) is 22.0 Å². The fourth-order valence-corrected chi connectivity index (χ4v) is 1.12. The number of aliphatic hydroxyl groups is 1. The van der Waals surface area contributed by atoms with Gasteiger partial charge in [-0.1, -0.05) is 12.1 Å². The number of halogens is 5. The summed E-state index contributed by atoms with van der Waals surface area (Å²) in [7, 11) is 0. The fourth-order valence-electron chi connectivity index (χ4n) is 1.12. The van der Waals surface area contributed by atoms with Crippen LogP contribution in [0, 0.1) is 0 Å². The van der Waals surface area contributed by atoms with Crippen molar-refractivity contribution in [3.8, 4) is 0 Å². The molecule has 16 heavy (non-hydrogen) atoms. The molecular weight excluding hydrogens is 231 g/mol. The van der Waals surface area contributed by atoms with Gasteiger partial charge in [-0.2, -0.15) is 22.0 Å². The third-order valence-electron chi connectivity index (χ3n) is 2.12. The van der Waals surface area contributed by atoms with E-state index >= 15 is 0 Å². The number of hydrogen-bond acceptors (Lipinski definition) is 1. The van der Waals surface area contributed by atoms with Gasteiger partial charge in [-0.15, -0.1) is 0 Å². The molecule has 0 radical (unpaired) electrons. The van der Waals surface area contributed by atoms with Crippen LogP contribution < -0.4 is 0 Å². The number of rotatable bonds is 2. The zero-order valence-electron chi connectivity index (χ0n) is 8.22. The summed E-state index contributed by atoms with van der Waals surface area (Å²) in [5.74, 6) is -3.55. The summed E-state index contributed by atoms with van der Waals surface area (Å²) in [5.41, 5.74) is -1.65. The molecule has 0 aliphatic rings. The van der Waals surface area contributed by atoms with Crippen molar-refractivity contribution < 1.29 is 27.1 Å². The van der Waals surface area contributed by atoms with Crippen molar-refractivity contribution in [3.63, 3.8) is 0 Å². The van der Waals surface area contributed by atoms with Gasteiger partial charge in [0.05, 0.1) is 5.56 Å². The topological polar surface area (TPSA) is 20.2 Å². The van der Waals surface area contributed by atoms with Gasteiger partial charge in [-0.25, -0.2) is 0 Å². The summed E-state index contributed by atoms with van der Waals surface area (Å²) in [6.07, 6.45) is -6.51. The van der Waals surface area contributed by atoms with Crippen molar-refractivity contribution in [1.82, 2.24) is 0 Å². The number of alkyl halides is 5. The van der Waals surface area contributed by atoms with Crippen LogP contribution in [0.15, 0.2) is 24.3 Å². The molecular formula is C10H9F5O. The second-order valence-corrected chi connectivity index (χ2v) is 3.37. The van der Waals surface area contributed by atoms with Crippen LogP contribution in [-0.4, -0.2) is 11.2 Å². The molecule has 0 fully saturated rings. The first-order chi connectivity index (χ1) is 7.15. The van der Waals surface area contributed by atoms with Crippen molar-refractivity contribution in [2.24, 2.45) is 0 Å². The molecule has 0 saturated heterocycles. The fraction of sp³-hybridized carbons (Fsp3) is 0.400. The van der Waals surface area contributed by atoms with Gasteiger partial charge in [0.2, 0.25) is 0 Å². The maximum atomic E-state index is 13.2. The molecule has 0 amide bonds. The minimum atomic E-state index is -4.56. The molecule has 1 nitrogen and oxygen atoms in total. The second kappa shape index (κ2) is 4.01. The van der Waals surface area contributed by atoms with E-state index in [-0.39, 0.29) is 0 Å². The summed E-state index contributed by atoms with van der Waals surface area (Å²) in [6.45, 7) is 0.873. The molecule has 1 atom stereocenters. The van der Waals surface area contributed by atoms with Crippen molar-refractivity contribution in [2.45, 2.75) is 25.1 Å². The summed E-state index contributed by atoms with van der Waals surface area (Å²) < 4.78 is 62.8. The molecule has 0 saturated carbocycles. The van der Waals surface area contributed by atoms with Gasteiger partial charge in [0.15, 0.2) is 0 Å². The molecule has 1 N–H and O–H groups in total. The summed E-state index contributed by atoms with van der Waals surface area (Å²) >= 11 is 0. The average molecular weight is 240 g/mol. The molecule has 1 rings (SSSR count). The van der Waals surface area contributed by atoms with E-state index in [1.165, 1.54) is 0 Å². The maximum absolute atomic E-state index is 13.2. The Kier molecular flexibility index (Phi) is 3.23. The lowest BCUT2D eigenvalue weighted by atomic mass is 10.0. The van der Waals surface area contributed by atoms with Gasteiger partial charge in [0, 0.05) is 5.56 Å². The van der Waals surface area contributed by atoms with Crippen LogP contribution in [-0.2, 0) is 12.1 Å². The van der Waals surface area contributed by atoms with E-state index in [0.29, 0.717) is 24.3 Å². The Hall–Kier alpha value is -1.17. The van der Waals surface area contributed by atoms with E-state index in [1.807, 2.05) is 0 Å². The van der Waals surface area contributed by atoms with Gasteiger partial charge in [0.25, 0.3) is 5.92 Å². The average Bonchev–Trinajstić information content (AvgIpc) is 2.16. The van der Waals surface area contributed by atoms with Crippen molar-refractivity contribution in [1.29, 1.82) is 0 Å². The van der Waals surface area contributed by atoms with Crippen LogP contribution in [0.5, 0.6) is 0 Å². The molecule has 0 bridgehead atoms. The third-order valence-corrected chi connectivity index (χ3v) is 2.12. The smallest absolute Gasteiger partial charge is 0.387 e. The number of benzene rings is 1. The van der Waals surface area contributed by atoms with Gasteiger partial charge >= 0.3 is 6.18 Å². The van der Waals surface area contributed by atoms with E-state index in [9.17, 15) is 22.0 Å². The highest BCUT2D eigenvalue weighted by atomic mass is 19.4. The third kappa shape index (κ3) is 2.49. The predicted molar refractivity (Wildman–Crippen MR) is 47.0 cm³/mol. The molecule has 0 heterocycles. The van der Waals surface area contributed by atoms with Gasteiger partial charge in [-0.3, -0.25) is 0 Å². The number of hydrogen-bond donors (Lipinski definition) is 1. The van der Waals surface area contributed by atoms with E-state index in [2.05, 4.69) is 0 Å². The van der Waals surface area contributed by atoms with Crippen LogP contribution in [0.2, 0.25) is 0 Å². The highest BCUT2D eigenvalue weighted by Gasteiger charge is 2.38. The van der Waals surface area contributed by atoms with Crippen LogP contribution in [0.3, 0.4) is 0 Å². The zero-order valence-corrected chi connectivity index (χ0v) is 8.22. The van der Waals surface area contributed by atoms with Crippen LogP contribution in [0.1, 0.15) is 18.1 Å². The van der Waals surface area contributed by atoms with Crippen LogP contribution in [0.25, 0.3) is 0 Å². The molecule has 0 aliphatic heterocycles. The lowest BCUT2D eigenvalue weighted by Crippen LogP contribution is -2.28. The maximum Gasteiger partial charge on any atom is 0.416 e. The van der Waals surface area contributed by atoms with E-state index in [1.54, 1.807) is 0 Å². The Balaban J connectivity index is 3.05. The summed E-state index contributed by atoms with van der Waals surface area (Å²) in [5, 5.41) is 8.79. The molecule has 1 unspecified atom stereocenters. The predicted octanol–water partition coefficient (Wildman–Crippen LogP) is 3.18. The van der Waals surface area contributed by atoms with Crippen molar-refractivity contribution >= 4 is 0 Å². The first-order valence-corrected chi connectivity index (χ1v) is 4.39. The first kappa shape index (κ1) is 12.9. The molecule has 6 heteroatoms. The lowest BCUT2D eigenvalue weighted by molar-refractivity contribution is -0.137. The van der Waals surface area contributed by atoms with Crippen molar-refractivity contribution in [2.75, 3.05) is 0 Å². The minimum Gasteiger partial charge on any atom is -0.387 e. The normalized spacial score (nSPS) is 14.9. The van der Waals surface area contributed by atoms with Gasteiger partial charge in [-0.05, 0) is 19.1 Å². The van der Waals surface area contributed by atoms with Crippen LogP contribution >= 0.6 is 0 Å². The molecule has 1 aromatic rings. The van der Waals surface area contributed by atoms with Gasteiger partial charge in [0.1, 0.15) is 6.10 Å². The van der Waals surface area contributed by atoms with E-state index < -0.39 is 29.3 Å². The number of aliphatic hydroxyl groups excluding tert-OH is 1. The molecule has 0 aliphatic carbocycles. The van der Waals surface area contributed by atoms with E-state index in [0.717, 1.165) is 6.92 Å². The first-order valence-electron chi connectivity index (χ1n) is 4.39. The Morgan fingerprint density at radius 1 is 0.938 bits per heavy atom. The van der Waals surface area contributed by atoms with Crippen molar-refractivity contribution in [3.05, 3.63) is 35.4 Å². The Morgan fingerprint density at radius 3 is 1.62 bits per heavy atom. The van der Waals surface area contributed by atoms with Gasteiger partial charge < -0.3 is 5.11 Å². The van der Waals surface area contributed by atoms with E-state index in [4.69, 9.17) is 5.11 Å². The molecule has 1 aromatic carbocycles. The highest BCUT2D eigenvalue weighted by molar-refractivity contribution is 5.28. The lowest BCUT2D eigenvalue weighted by Gasteiger charge is -2.20. The summed E-state index contributed by atoms with van der Waals surface area (Å²) in [6, 6.07) is 2.45. The molecule has 90 valence electrons. The summed E-state index contributed by atoms with van der Waals surface area (Å²) in [4.78, 5) is 0.